The molecule has 0 amide bonds. The summed E-state index contributed by atoms with van der Waals surface area (Å²) < 4.78 is 5.82. The quantitative estimate of drug-likeness (QED) is 0.572. The van der Waals surface area contributed by atoms with Gasteiger partial charge < -0.3 is 21.2 Å². The highest BCUT2D eigenvalue weighted by Crippen LogP contribution is 2.38. The van der Waals surface area contributed by atoms with Gasteiger partial charge in [0, 0.05) is 16.8 Å². The predicted octanol–water partition coefficient (Wildman–Crippen LogP) is 5.65. The highest BCUT2D eigenvalue weighted by Gasteiger charge is 2.01. The third-order valence-corrected chi connectivity index (χ3v) is 2.96. The molecule has 0 unspecified atom stereocenters. The van der Waals surface area contributed by atoms with Crippen molar-refractivity contribution < 1.29 is 4.74 Å². The van der Waals surface area contributed by atoms with E-state index in [1.54, 1.807) is 62.4 Å². The minimum absolute atomic E-state index is 0.189. The van der Waals surface area contributed by atoms with E-state index < -0.39 is 0 Å². The van der Waals surface area contributed by atoms with Crippen molar-refractivity contribution in [3.8, 4) is 11.5 Å². The molecule has 0 heterocycles. The smallest absolute Gasteiger partial charge is 0.128 e. The molecule has 0 spiro atoms. The lowest BCUT2D eigenvalue weighted by Crippen LogP contribution is -1.90. The number of nitrogens with two attached hydrogens (primary N) is 1. The van der Waals surface area contributed by atoms with Crippen LogP contribution >= 0.6 is 11.6 Å². The van der Waals surface area contributed by atoms with Gasteiger partial charge in [0.1, 0.15) is 11.5 Å². The van der Waals surface area contributed by atoms with Crippen LogP contribution in [-0.4, -0.2) is 5.71 Å². The molecular weight excluding hydrogens is 298 g/mol. The number of rotatable bonds is 5. The van der Waals surface area contributed by atoms with E-state index in [1.165, 1.54) is 0 Å². The molecule has 0 atom stereocenters. The van der Waals surface area contributed by atoms with Crippen LogP contribution < -0.4 is 10.5 Å². The van der Waals surface area contributed by atoms with Gasteiger partial charge >= 0.3 is 0 Å². The Labute approximate surface area is 135 Å². The lowest BCUT2D eigenvalue weighted by Gasteiger charge is -2.27. The topological polar surface area (TPSA) is 71.7 Å². The van der Waals surface area contributed by atoms with E-state index in [-0.39, 0.29) is 5.71 Å². The normalized spacial score (nSPS) is 11.1. The molecule has 0 aliphatic carbocycles. The van der Waals surface area contributed by atoms with Crippen LogP contribution in [0.15, 0.2) is 54.2 Å². The van der Waals surface area contributed by atoms with E-state index in [0.717, 1.165) is 0 Å². The number of hydrogen-bond donors (Lipinski definition) is 1. The second-order valence-corrected chi connectivity index (χ2v) is 5.26. The number of anilines is 1. The first-order valence-electron chi connectivity index (χ1n) is 6.69. The van der Waals surface area contributed by atoms with Crippen LogP contribution in [0.25, 0.3) is 10.7 Å². The molecule has 0 fully saturated rings. The first-order chi connectivity index (χ1) is 10.4. The van der Waals surface area contributed by atoms with Gasteiger partial charge in [-0.2, -0.15) is 11.4 Å². The molecule has 0 saturated carbocycles. The average molecular weight is 314 g/mol. The van der Waals surface area contributed by atoms with E-state index in [0.29, 0.717) is 33.6 Å². The Bertz CT molecular complexity index is 726. The van der Waals surface area contributed by atoms with Gasteiger partial charge in [-0.25, -0.2) is 0 Å². The summed E-state index contributed by atoms with van der Waals surface area (Å²) in [5.41, 5.74) is 7.85. The van der Waals surface area contributed by atoms with Crippen LogP contribution in [0.4, 0.5) is 11.4 Å². The number of allylic oxidation sites excluding steroid dienone is 2. The number of nitrogens with zero attached hydrogens (tertiary/aromatic N) is 2. The van der Waals surface area contributed by atoms with Gasteiger partial charge in [-0.3, -0.25) is 0 Å². The summed E-state index contributed by atoms with van der Waals surface area (Å²) in [5, 5.41) is 14.3. The Kier molecular flexibility index (Phi) is 5.07. The van der Waals surface area contributed by atoms with E-state index in [1.807, 2.05) is 0 Å². The predicted molar refractivity (Wildman–Crippen MR) is 93.2 cm³/mol. The van der Waals surface area contributed by atoms with Crippen molar-refractivity contribution in [3.05, 3.63) is 70.0 Å². The third-order valence-electron chi connectivity index (χ3n) is 2.72. The Morgan fingerprint density at radius 3 is 2.68 bits per heavy atom. The molecule has 2 aromatic rings. The minimum atomic E-state index is 0.189. The fourth-order valence-corrected chi connectivity index (χ4v) is 2.07. The molecule has 0 aliphatic heterocycles. The molecule has 4 nitrogen and oxygen atoms in total. The molecule has 0 aliphatic rings. The van der Waals surface area contributed by atoms with Crippen LogP contribution in [0.3, 0.4) is 0 Å². The summed E-state index contributed by atoms with van der Waals surface area (Å²) in [6, 6.07) is 12.3. The first kappa shape index (κ1) is 15.9. The SMILES string of the molecule is CC(=[N-])/C=C(/C)[N-]c1ccc(N)cc1Oc1cccc(Cl)c1. The summed E-state index contributed by atoms with van der Waals surface area (Å²) in [6.07, 6.45) is 1.57. The monoisotopic (exact) mass is 313 g/mol. The molecule has 0 saturated heterocycles. The van der Waals surface area contributed by atoms with Gasteiger partial charge in [0.25, 0.3) is 0 Å². The Balaban J connectivity index is 2.30. The van der Waals surface area contributed by atoms with Crippen LogP contribution in [-0.2, 0) is 0 Å². The van der Waals surface area contributed by atoms with E-state index >= 15 is 0 Å². The van der Waals surface area contributed by atoms with Crippen molar-refractivity contribution in [3.63, 3.8) is 0 Å². The number of nitrogen functional groups attached to an aromatic ring is 1. The summed E-state index contributed by atoms with van der Waals surface area (Å²) >= 11 is 5.96. The van der Waals surface area contributed by atoms with Gasteiger partial charge in [-0.15, -0.1) is 6.08 Å². The maximum atomic E-state index is 9.29. The number of benzene rings is 2. The lowest BCUT2D eigenvalue weighted by atomic mass is 10.2. The molecule has 2 N–H and O–H groups in total. The molecule has 22 heavy (non-hydrogen) atoms. The van der Waals surface area contributed by atoms with Gasteiger partial charge in [0.05, 0.1) is 0 Å². The number of ether oxygens (including phenoxy) is 1. The van der Waals surface area contributed by atoms with Crippen molar-refractivity contribution in [2.45, 2.75) is 13.8 Å². The minimum Gasteiger partial charge on any atom is -0.808 e. The summed E-state index contributed by atoms with van der Waals surface area (Å²) in [5.74, 6) is 1.12. The molecule has 0 radical (unpaired) electrons. The Morgan fingerprint density at radius 2 is 2.00 bits per heavy atom. The Morgan fingerprint density at radius 1 is 1.23 bits per heavy atom. The maximum absolute atomic E-state index is 9.29. The highest BCUT2D eigenvalue weighted by atomic mass is 35.5. The van der Waals surface area contributed by atoms with E-state index in [2.05, 4.69) is 5.32 Å². The summed E-state index contributed by atoms with van der Waals surface area (Å²) in [4.78, 5) is 0. The lowest BCUT2D eigenvalue weighted by molar-refractivity contribution is 0.485. The van der Waals surface area contributed by atoms with E-state index in [9.17, 15) is 5.41 Å². The number of halogens is 1. The summed E-state index contributed by atoms with van der Waals surface area (Å²) in [7, 11) is 0. The van der Waals surface area contributed by atoms with Crippen molar-refractivity contribution >= 4 is 28.7 Å². The van der Waals surface area contributed by atoms with E-state index in [4.69, 9.17) is 22.1 Å². The van der Waals surface area contributed by atoms with Crippen LogP contribution in [0.5, 0.6) is 11.5 Å². The summed E-state index contributed by atoms with van der Waals surface area (Å²) in [6.45, 7) is 3.38. The van der Waals surface area contributed by atoms with Crippen LogP contribution in [0.2, 0.25) is 5.02 Å². The van der Waals surface area contributed by atoms with Crippen LogP contribution in [0.1, 0.15) is 13.8 Å². The zero-order chi connectivity index (χ0) is 16.1. The molecule has 5 heteroatoms. The molecule has 114 valence electrons. The molecule has 0 bridgehead atoms. The third kappa shape index (κ3) is 4.53. The molecular formula is C17H16ClN3O-2. The van der Waals surface area contributed by atoms with Crippen molar-refractivity contribution in [2.24, 2.45) is 0 Å². The second-order valence-electron chi connectivity index (χ2n) is 4.83. The Hall–Kier alpha value is -2.46. The number of hydrogen-bond acceptors (Lipinski definition) is 2. The van der Waals surface area contributed by atoms with Gasteiger partial charge in [-0.05, 0) is 24.3 Å². The zero-order valence-electron chi connectivity index (χ0n) is 12.4. The van der Waals surface area contributed by atoms with Crippen molar-refractivity contribution in [1.82, 2.24) is 0 Å². The maximum Gasteiger partial charge on any atom is 0.128 e. The fraction of sp³-hybridized carbons (Fsp3) is 0.118. The molecule has 2 rings (SSSR count). The second kappa shape index (κ2) is 7.00. The fourth-order valence-electron chi connectivity index (χ4n) is 1.89. The van der Waals surface area contributed by atoms with Gasteiger partial charge in [0.2, 0.25) is 0 Å². The standard InChI is InChI=1S/C17H16ClN3O/c1-11(19)8-12(2)21-16-7-6-14(20)10-17(16)22-15-5-3-4-13(18)9-15/h3-10H,20H2,1-2H3/q-2/b12-8-. The van der Waals surface area contributed by atoms with Gasteiger partial charge in [-0.1, -0.05) is 43.3 Å². The average Bonchev–Trinajstić information content (AvgIpc) is 2.41. The highest BCUT2D eigenvalue weighted by molar-refractivity contribution is 6.30. The van der Waals surface area contributed by atoms with Gasteiger partial charge in [0.15, 0.2) is 0 Å². The van der Waals surface area contributed by atoms with Crippen LogP contribution in [0, 0.1) is 0 Å². The van der Waals surface area contributed by atoms with Crippen molar-refractivity contribution in [2.75, 3.05) is 5.73 Å². The first-order valence-corrected chi connectivity index (χ1v) is 7.07. The molecule has 2 aromatic carbocycles. The van der Waals surface area contributed by atoms with Crippen molar-refractivity contribution in [1.29, 1.82) is 0 Å². The largest absolute Gasteiger partial charge is 0.808 e. The zero-order valence-corrected chi connectivity index (χ0v) is 13.1. The molecule has 0 aromatic heterocycles.